The van der Waals surface area contributed by atoms with E-state index in [0.29, 0.717) is 35.2 Å². The summed E-state index contributed by atoms with van der Waals surface area (Å²) in [6, 6.07) is 11.3. The number of halogens is 2. The van der Waals surface area contributed by atoms with Crippen molar-refractivity contribution < 1.29 is 18.0 Å². The van der Waals surface area contributed by atoms with Crippen molar-refractivity contribution >= 4 is 44.9 Å². The van der Waals surface area contributed by atoms with Crippen molar-refractivity contribution in [1.29, 1.82) is 0 Å². The number of carbonyl (C=O) groups excluding carboxylic acids is 2. The number of piperazine rings is 1. The fourth-order valence-corrected chi connectivity index (χ4v) is 5.27. The Kier molecular flexibility index (Phi) is 7.95. The molecule has 3 rings (SSSR count). The number of sulfonamides is 1. The van der Waals surface area contributed by atoms with Crippen LogP contribution >= 0.6 is 23.2 Å². The van der Waals surface area contributed by atoms with E-state index in [1.807, 2.05) is 18.0 Å². The van der Waals surface area contributed by atoms with E-state index in [1.54, 1.807) is 17.0 Å². The van der Waals surface area contributed by atoms with Crippen molar-refractivity contribution in [3.05, 3.63) is 63.6 Å². The SMILES string of the molecule is CC(=O)c1ccc(S(=O)(=O)N2CCN(C(=O)CN(C)Cc3ccc(Cl)c(Cl)c3)CC2)cc1. The lowest BCUT2D eigenvalue weighted by atomic mass is 10.2. The van der Waals surface area contributed by atoms with Crippen LogP contribution < -0.4 is 0 Å². The number of nitrogens with zero attached hydrogens (tertiary/aromatic N) is 3. The average Bonchev–Trinajstić information content (AvgIpc) is 2.76. The molecule has 0 aromatic heterocycles. The Hall–Kier alpha value is -1.97. The summed E-state index contributed by atoms with van der Waals surface area (Å²) < 4.78 is 27.1. The van der Waals surface area contributed by atoms with Gasteiger partial charge in [0.05, 0.1) is 21.5 Å². The molecule has 32 heavy (non-hydrogen) atoms. The summed E-state index contributed by atoms with van der Waals surface area (Å²) in [6.45, 7) is 3.26. The van der Waals surface area contributed by atoms with Crippen LogP contribution in [0.2, 0.25) is 10.0 Å². The molecule has 0 atom stereocenters. The lowest BCUT2D eigenvalue weighted by molar-refractivity contribution is -0.133. The minimum atomic E-state index is -3.67. The fraction of sp³-hybridized carbons (Fsp3) is 0.364. The second kappa shape index (κ2) is 10.3. The first kappa shape index (κ1) is 24.7. The number of likely N-dealkylation sites (N-methyl/N-ethyl adjacent to an activating group) is 1. The Morgan fingerprint density at radius 2 is 1.59 bits per heavy atom. The number of hydrogen-bond donors (Lipinski definition) is 0. The van der Waals surface area contributed by atoms with Crippen LogP contribution in [0.15, 0.2) is 47.4 Å². The molecule has 1 saturated heterocycles. The molecule has 0 bridgehead atoms. The van der Waals surface area contributed by atoms with Crippen LogP contribution in [0, 0.1) is 0 Å². The summed E-state index contributed by atoms with van der Waals surface area (Å²) in [4.78, 5) is 27.8. The van der Waals surface area contributed by atoms with Crippen LogP contribution in [0.1, 0.15) is 22.8 Å². The summed E-state index contributed by atoms with van der Waals surface area (Å²) in [5, 5.41) is 0.953. The van der Waals surface area contributed by atoms with Crippen LogP contribution in [0.5, 0.6) is 0 Å². The molecule has 0 saturated carbocycles. The normalized spacial score (nSPS) is 15.2. The van der Waals surface area contributed by atoms with Gasteiger partial charge in [-0.05, 0) is 43.8 Å². The van der Waals surface area contributed by atoms with E-state index in [0.717, 1.165) is 5.56 Å². The van der Waals surface area contributed by atoms with Gasteiger partial charge in [-0.3, -0.25) is 14.5 Å². The maximum Gasteiger partial charge on any atom is 0.243 e. The number of ketones is 1. The molecule has 1 aliphatic heterocycles. The molecule has 7 nitrogen and oxygen atoms in total. The van der Waals surface area contributed by atoms with Gasteiger partial charge >= 0.3 is 0 Å². The zero-order valence-corrected chi connectivity index (χ0v) is 20.3. The summed E-state index contributed by atoms with van der Waals surface area (Å²) in [5.74, 6) is -0.180. The summed E-state index contributed by atoms with van der Waals surface area (Å²) in [7, 11) is -1.84. The number of hydrogen-bond acceptors (Lipinski definition) is 5. The van der Waals surface area contributed by atoms with Crippen molar-refractivity contribution in [2.75, 3.05) is 39.8 Å². The zero-order valence-electron chi connectivity index (χ0n) is 17.9. The highest BCUT2D eigenvalue weighted by Crippen LogP contribution is 2.23. The van der Waals surface area contributed by atoms with Crippen LogP contribution in [-0.2, 0) is 21.4 Å². The Balaban J connectivity index is 1.54. The van der Waals surface area contributed by atoms with E-state index < -0.39 is 10.0 Å². The van der Waals surface area contributed by atoms with Crippen molar-refractivity contribution in [3.63, 3.8) is 0 Å². The van der Waals surface area contributed by atoms with E-state index in [9.17, 15) is 18.0 Å². The van der Waals surface area contributed by atoms with E-state index in [2.05, 4.69) is 0 Å². The van der Waals surface area contributed by atoms with Crippen LogP contribution in [0.25, 0.3) is 0 Å². The topological polar surface area (TPSA) is 78.0 Å². The van der Waals surface area contributed by atoms with Crippen LogP contribution in [0.4, 0.5) is 0 Å². The Bertz CT molecular complexity index is 1100. The third-order valence-electron chi connectivity index (χ3n) is 5.33. The molecular formula is C22H25Cl2N3O4S. The van der Waals surface area contributed by atoms with Gasteiger partial charge in [0.15, 0.2) is 5.78 Å². The molecule has 2 aromatic rings. The predicted molar refractivity (Wildman–Crippen MR) is 125 cm³/mol. The second-order valence-corrected chi connectivity index (χ2v) is 10.5. The van der Waals surface area contributed by atoms with Crippen molar-refractivity contribution in [3.8, 4) is 0 Å². The van der Waals surface area contributed by atoms with Gasteiger partial charge in [-0.25, -0.2) is 8.42 Å². The molecule has 1 amide bonds. The predicted octanol–water partition coefficient (Wildman–Crippen LogP) is 3.16. The molecule has 10 heteroatoms. The fourth-order valence-electron chi connectivity index (χ4n) is 3.53. The van der Waals surface area contributed by atoms with E-state index >= 15 is 0 Å². The first-order valence-corrected chi connectivity index (χ1v) is 12.3. The number of Topliss-reactive ketones (excluding diaryl/α,β-unsaturated/α-hetero) is 1. The molecular weight excluding hydrogens is 473 g/mol. The van der Waals surface area contributed by atoms with Gasteiger partial charge in [-0.1, -0.05) is 41.4 Å². The molecule has 0 spiro atoms. The standard InChI is InChI=1S/C22H25Cl2N3O4S/c1-16(28)18-4-6-19(7-5-18)32(30,31)27-11-9-26(10-12-27)22(29)15-25(2)14-17-3-8-20(23)21(24)13-17/h3-8,13H,9-12,14-15H2,1-2H3. The molecule has 1 aliphatic rings. The molecule has 0 N–H and O–H groups in total. The largest absolute Gasteiger partial charge is 0.339 e. The highest BCUT2D eigenvalue weighted by molar-refractivity contribution is 7.89. The molecule has 0 radical (unpaired) electrons. The van der Waals surface area contributed by atoms with Crippen molar-refractivity contribution in [2.45, 2.75) is 18.4 Å². The van der Waals surface area contributed by atoms with Crippen molar-refractivity contribution in [2.24, 2.45) is 0 Å². The zero-order chi connectivity index (χ0) is 23.5. The van der Waals surface area contributed by atoms with Gasteiger partial charge in [0.1, 0.15) is 0 Å². The first-order valence-electron chi connectivity index (χ1n) is 10.1. The van der Waals surface area contributed by atoms with E-state index in [-0.39, 0.29) is 36.2 Å². The summed E-state index contributed by atoms with van der Waals surface area (Å²) in [6.07, 6.45) is 0. The monoisotopic (exact) mass is 497 g/mol. The Morgan fingerprint density at radius 3 is 2.16 bits per heavy atom. The third-order valence-corrected chi connectivity index (χ3v) is 7.98. The molecule has 2 aromatic carbocycles. The number of rotatable bonds is 7. The number of benzene rings is 2. The molecule has 0 unspecified atom stereocenters. The third kappa shape index (κ3) is 5.88. The second-order valence-electron chi connectivity index (χ2n) is 7.79. The highest BCUT2D eigenvalue weighted by atomic mass is 35.5. The lowest BCUT2D eigenvalue weighted by Crippen LogP contribution is -2.52. The first-order chi connectivity index (χ1) is 15.1. The minimum Gasteiger partial charge on any atom is -0.339 e. The van der Waals surface area contributed by atoms with Gasteiger partial charge < -0.3 is 4.90 Å². The van der Waals surface area contributed by atoms with Gasteiger partial charge in [-0.15, -0.1) is 0 Å². The molecule has 172 valence electrons. The highest BCUT2D eigenvalue weighted by Gasteiger charge is 2.30. The number of amides is 1. The quantitative estimate of drug-likeness (QED) is 0.549. The Morgan fingerprint density at radius 1 is 0.969 bits per heavy atom. The van der Waals surface area contributed by atoms with E-state index in [4.69, 9.17) is 23.2 Å². The molecule has 1 heterocycles. The van der Waals surface area contributed by atoms with E-state index in [1.165, 1.54) is 35.5 Å². The summed E-state index contributed by atoms with van der Waals surface area (Å²) >= 11 is 12.0. The van der Waals surface area contributed by atoms with Gasteiger partial charge in [-0.2, -0.15) is 4.31 Å². The average molecular weight is 498 g/mol. The van der Waals surface area contributed by atoms with Gasteiger partial charge in [0.25, 0.3) is 0 Å². The summed E-state index contributed by atoms with van der Waals surface area (Å²) in [5.41, 5.74) is 1.41. The van der Waals surface area contributed by atoms with Crippen molar-refractivity contribution in [1.82, 2.24) is 14.1 Å². The Labute approximate surface area is 198 Å². The minimum absolute atomic E-state index is 0.0598. The maximum absolute atomic E-state index is 12.9. The molecule has 0 aliphatic carbocycles. The van der Waals surface area contributed by atoms with Crippen LogP contribution in [0.3, 0.4) is 0 Å². The lowest BCUT2D eigenvalue weighted by Gasteiger charge is -2.34. The molecule has 1 fully saturated rings. The van der Waals surface area contributed by atoms with Gasteiger partial charge in [0, 0.05) is 38.3 Å². The van der Waals surface area contributed by atoms with Gasteiger partial charge in [0.2, 0.25) is 15.9 Å². The van der Waals surface area contributed by atoms with Crippen LogP contribution in [-0.4, -0.2) is 74.0 Å². The smallest absolute Gasteiger partial charge is 0.243 e. The maximum atomic E-state index is 12.9. The number of carbonyl (C=O) groups is 2.